The molecule has 2 amide bonds. The third-order valence-electron chi connectivity index (χ3n) is 4.57. The number of carbonyl (C=O) groups is 2. The SMILES string of the molecule is CCCNC(=O)[C@@H]1CCCN(C(=O)[C@H](CCC)c2ccccn2)C1. The number of carbonyl (C=O) groups excluding carboxylic acids is 2. The lowest BCUT2D eigenvalue weighted by molar-refractivity contribution is -0.137. The molecule has 1 aliphatic heterocycles. The zero-order valence-corrected chi connectivity index (χ0v) is 14.8. The standard InChI is InChI=1S/C19H29N3O2/c1-3-8-16(17-10-5-6-12-20-17)19(24)22-13-7-9-15(14-22)18(23)21-11-4-2/h5-6,10,12,15-16H,3-4,7-9,11,13-14H2,1-2H3,(H,21,23)/t15-,16-/m1/s1. The fourth-order valence-corrected chi connectivity index (χ4v) is 3.27. The van der Waals surface area contributed by atoms with Gasteiger partial charge in [0.05, 0.1) is 17.5 Å². The first kappa shape index (κ1) is 18.4. The van der Waals surface area contributed by atoms with Crippen molar-refractivity contribution in [1.82, 2.24) is 15.2 Å². The zero-order valence-electron chi connectivity index (χ0n) is 14.8. The van der Waals surface area contributed by atoms with Crippen molar-refractivity contribution in [1.29, 1.82) is 0 Å². The molecule has 0 unspecified atom stereocenters. The summed E-state index contributed by atoms with van der Waals surface area (Å²) in [7, 11) is 0. The van der Waals surface area contributed by atoms with Gasteiger partial charge in [0.2, 0.25) is 11.8 Å². The van der Waals surface area contributed by atoms with E-state index in [9.17, 15) is 9.59 Å². The van der Waals surface area contributed by atoms with Crippen LogP contribution in [0.15, 0.2) is 24.4 Å². The summed E-state index contributed by atoms with van der Waals surface area (Å²) < 4.78 is 0. The maximum atomic E-state index is 13.0. The van der Waals surface area contributed by atoms with Crippen molar-refractivity contribution in [2.75, 3.05) is 19.6 Å². The van der Waals surface area contributed by atoms with Gasteiger partial charge in [-0.3, -0.25) is 14.6 Å². The molecule has 1 saturated heterocycles. The first-order valence-electron chi connectivity index (χ1n) is 9.14. The van der Waals surface area contributed by atoms with Crippen LogP contribution in [0.2, 0.25) is 0 Å². The summed E-state index contributed by atoms with van der Waals surface area (Å²) in [5.41, 5.74) is 0.835. The Morgan fingerprint density at radius 2 is 2.17 bits per heavy atom. The normalized spacial score (nSPS) is 18.9. The van der Waals surface area contributed by atoms with Gasteiger partial charge in [0.1, 0.15) is 0 Å². The van der Waals surface area contributed by atoms with Crippen molar-refractivity contribution in [2.24, 2.45) is 5.92 Å². The zero-order chi connectivity index (χ0) is 17.4. The lowest BCUT2D eigenvalue weighted by Crippen LogP contribution is -2.47. The summed E-state index contributed by atoms with van der Waals surface area (Å²) in [6.45, 7) is 6.10. The third-order valence-corrected chi connectivity index (χ3v) is 4.57. The van der Waals surface area contributed by atoms with Crippen LogP contribution in [0, 0.1) is 5.92 Å². The van der Waals surface area contributed by atoms with E-state index >= 15 is 0 Å². The summed E-state index contributed by atoms with van der Waals surface area (Å²) >= 11 is 0. The van der Waals surface area contributed by atoms with Crippen LogP contribution in [0.25, 0.3) is 0 Å². The fraction of sp³-hybridized carbons (Fsp3) is 0.632. The van der Waals surface area contributed by atoms with E-state index in [0.29, 0.717) is 13.1 Å². The summed E-state index contributed by atoms with van der Waals surface area (Å²) in [5.74, 6) is -0.0864. The molecule has 0 spiro atoms. The van der Waals surface area contributed by atoms with Crippen LogP contribution in [0.1, 0.15) is 57.6 Å². The van der Waals surface area contributed by atoms with Crippen LogP contribution in [-0.4, -0.2) is 41.3 Å². The second-order valence-electron chi connectivity index (χ2n) is 6.51. The highest BCUT2D eigenvalue weighted by molar-refractivity contribution is 5.85. The molecule has 0 saturated carbocycles. The van der Waals surface area contributed by atoms with Gasteiger partial charge in [0, 0.05) is 25.8 Å². The molecule has 0 radical (unpaired) electrons. The molecular weight excluding hydrogens is 302 g/mol. The fourth-order valence-electron chi connectivity index (χ4n) is 3.27. The van der Waals surface area contributed by atoms with Gasteiger partial charge in [-0.05, 0) is 37.8 Å². The van der Waals surface area contributed by atoms with Crippen molar-refractivity contribution in [2.45, 2.75) is 51.9 Å². The minimum absolute atomic E-state index is 0.0826. The Morgan fingerprint density at radius 3 is 2.83 bits per heavy atom. The predicted octanol–water partition coefficient (Wildman–Crippen LogP) is 2.73. The van der Waals surface area contributed by atoms with Gasteiger partial charge in [-0.1, -0.05) is 26.3 Å². The van der Waals surface area contributed by atoms with Crippen LogP contribution in [-0.2, 0) is 9.59 Å². The number of pyridine rings is 1. The Morgan fingerprint density at radius 1 is 1.33 bits per heavy atom. The highest BCUT2D eigenvalue weighted by Gasteiger charge is 2.32. The maximum Gasteiger partial charge on any atom is 0.231 e. The Kier molecular flexibility index (Phi) is 7.22. The van der Waals surface area contributed by atoms with Gasteiger partial charge in [0.25, 0.3) is 0 Å². The van der Waals surface area contributed by atoms with E-state index in [2.05, 4.69) is 17.2 Å². The smallest absolute Gasteiger partial charge is 0.231 e. The number of likely N-dealkylation sites (tertiary alicyclic amines) is 1. The van der Waals surface area contributed by atoms with E-state index in [1.54, 1.807) is 6.20 Å². The number of amides is 2. The summed E-state index contributed by atoms with van der Waals surface area (Å²) in [6.07, 6.45) is 6.14. The van der Waals surface area contributed by atoms with Gasteiger partial charge in [-0.2, -0.15) is 0 Å². The molecule has 1 fully saturated rings. The maximum absolute atomic E-state index is 13.0. The molecule has 24 heavy (non-hydrogen) atoms. The summed E-state index contributed by atoms with van der Waals surface area (Å²) in [5, 5.41) is 2.96. The van der Waals surface area contributed by atoms with Gasteiger partial charge in [-0.15, -0.1) is 0 Å². The molecule has 1 aromatic heterocycles. The highest BCUT2D eigenvalue weighted by Crippen LogP contribution is 2.25. The first-order valence-corrected chi connectivity index (χ1v) is 9.14. The summed E-state index contributed by atoms with van der Waals surface area (Å²) in [4.78, 5) is 31.5. The van der Waals surface area contributed by atoms with Crippen LogP contribution in [0.4, 0.5) is 0 Å². The van der Waals surface area contributed by atoms with Crippen molar-refractivity contribution in [3.63, 3.8) is 0 Å². The number of hydrogen-bond acceptors (Lipinski definition) is 3. The average molecular weight is 331 g/mol. The van der Waals surface area contributed by atoms with Crippen LogP contribution in [0.3, 0.4) is 0 Å². The molecule has 132 valence electrons. The van der Waals surface area contributed by atoms with Crippen LogP contribution >= 0.6 is 0 Å². The lowest BCUT2D eigenvalue weighted by Gasteiger charge is -2.34. The number of aromatic nitrogens is 1. The number of nitrogens with zero attached hydrogens (tertiary/aromatic N) is 2. The van der Waals surface area contributed by atoms with Gasteiger partial charge >= 0.3 is 0 Å². The topological polar surface area (TPSA) is 62.3 Å². The molecule has 2 rings (SSSR count). The Labute approximate surface area is 144 Å². The Bertz CT molecular complexity index is 533. The molecule has 5 nitrogen and oxygen atoms in total. The first-order chi connectivity index (χ1) is 11.7. The monoisotopic (exact) mass is 331 g/mol. The van der Waals surface area contributed by atoms with E-state index in [-0.39, 0.29) is 23.7 Å². The Hall–Kier alpha value is -1.91. The average Bonchev–Trinajstić information content (AvgIpc) is 2.64. The molecule has 0 aliphatic carbocycles. The van der Waals surface area contributed by atoms with Crippen molar-refractivity contribution in [3.8, 4) is 0 Å². The van der Waals surface area contributed by atoms with Crippen molar-refractivity contribution < 1.29 is 9.59 Å². The van der Waals surface area contributed by atoms with Crippen molar-refractivity contribution in [3.05, 3.63) is 30.1 Å². The minimum Gasteiger partial charge on any atom is -0.356 e. The van der Waals surface area contributed by atoms with Gasteiger partial charge in [-0.25, -0.2) is 0 Å². The third kappa shape index (κ3) is 4.79. The highest BCUT2D eigenvalue weighted by atomic mass is 16.2. The predicted molar refractivity (Wildman–Crippen MR) is 94.5 cm³/mol. The molecule has 1 N–H and O–H groups in total. The molecule has 0 aromatic carbocycles. The van der Waals surface area contributed by atoms with E-state index in [1.165, 1.54) is 0 Å². The van der Waals surface area contributed by atoms with E-state index in [0.717, 1.165) is 44.3 Å². The molecule has 5 heteroatoms. The number of piperidine rings is 1. The number of nitrogens with one attached hydrogen (secondary N) is 1. The molecule has 1 aromatic rings. The number of rotatable bonds is 7. The van der Waals surface area contributed by atoms with Crippen LogP contribution < -0.4 is 5.32 Å². The van der Waals surface area contributed by atoms with Gasteiger partial charge in [0.15, 0.2) is 0 Å². The minimum atomic E-state index is -0.200. The lowest BCUT2D eigenvalue weighted by atomic mass is 9.93. The molecule has 1 aliphatic rings. The molecule has 2 atom stereocenters. The largest absolute Gasteiger partial charge is 0.356 e. The van der Waals surface area contributed by atoms with E-state index < -0.39 is 0 Å². The second kappa shape index (κ2) is 9.40. The molecule has 2 heterocycles. The van der Waals surface area contributed by atoms with E-state index in [1.807, 2.05) is 30.0 Å². The second-order valence-corrected chi connectivity index (χ2v) is 6.51. The van der Waals surface area contributed by atoms with Crippen LogP contribution in [0.5, 0.6) is 0 Å². The van der Waals surface area contributed by atoms with Crippen molar-refractivity contribution >= 4 is 11.8 Å². The summed E-state index contributed by atoms with van der Waals surface area (Å²) in [6, 6.07) is 5.72. The quantitative estimate of drug-likeness (QED) is 0.835. The molecular formula is C19H29N3O2. The molecule has 0 bridgehead atoms. The van der Waals surface area contributed by atoms with Gasteiger partial charge < -0.3 is 10.2 Å². The van der Waals surface area contributed by atoms with E-state index in [4.69, 9.17) is 0 Å². The Balaban J connectivity index is 2.05. The number of hydrogen-bond donors (Lipinski definition) is 1.